The largest absolute Gasteiger partial charge is 0.494 e. The van der Waals surface area contributed by atoms with Crippen molar-refractivity contribution in [2.24, 2.45) is 0 Å². The second-order valence-corrected chi connectivity index (χ2v) is 9.04. The maximum atomic E-state index is 13.4. The number of amides is 1. The number of carbonyl (C=O) groups is 1. The lowest BCUT2D eigenvalue weighted by Gasteiger charge is -2.33. The van der Waals surface area contributed by atoms with Crippen LogP contribution in [0.15, 0.2) is 23.1 Å². The predicted octanol–water partition coefficient (Wildman–Crippen LogP) is 3.26. The van der Waals surface area contributed by atoms with Gasteiger partial charge in [0.25, 0.3) is 5.91 Å². The molecule has 1 aliphatic rings. The Bertz CT molecular complexity index is 751. The third kappa shape index (κ3) is 5.46. The lowest BCUT2D eigenvalue weighted by molar-refractivity contribution is -0.134. The van der Waals surface area contributed by atoms with Crippen molar-refractivity contribution in [3.8, 4) is 5.75 Å². The van der Waals surface area contributed by atoms with Gasteiger partial charge in [-0.15, -0.1) is 0 Å². The van der Waals surface area contributed by atoms with Crippen LogP contribution in [-0.4, -0.2) is 43.0 Å². The first-order valence-corrected chi connectivity index (χ1v) is 11.6. The number of nitrogens with one attached hydrogen (secondary N) is 1. The van der Waals surface area contributed by atoms with E-state index in [0.717, 1.165) is 32.1 Å². The summed E-state index contributed by atoms with van der Waals surface area (Å²) < 4.78 is 33.8. The highest BCUT2D eigenvalue weighted by molar-refractivity contribution is 7.89. The molecule has 2 N–H and O–H groups in total. The normalized spacial score (nSPS) is 18.0. The van der Waals surface area contributed by atoms with E-state index >= 15 is 0 Å². The Kier molecular flexibility index (Phi) is 8.72. The van der Waals surface area contributed by atoms with Gasteiger partial charge in [0.15, 0.2) is 0 Å². The first-order valence-electron chi connectivity index (χ1n) is 10.2. The number of benzene rings is 1. The minimum Gasteiger partial charge on any atom is -0.494 e. The molecule has 2 rings (SSSR count). The van der Waals surface area contributed by atoms with Crippen LogP contribution >= 0.6 is 0 Å². The SMILES string of the molecule is CCCCOc1ccc(S(=O)(=O)N2CCCCC2C(=O)NO)c(CCCC)c1. The summed E-state index contributed by atoms with van der Waals surface area (Å²) in [5.41, 5.74) is 2.32. The summed E-state index contributed by atoms with van der Waals surface area (Å²) in [6.45, 7) is 5.01. The summed E-state index contributed by atoms with van der Waals surface area (Å²) in [6.07, 6.45) is 6.23. The Morgan fingerprint density at radius 2 is 2.00 bits per heavy atom. The van der Waals surface area contributed by atoms with Gasteiger partial charge < -0.3 is 4.74 Å². The van der Waals surface area contributed by atoms with Crippen molar-refractivity contribution in [2.45, 2.75) is 76.2 Å². The zero-order chi connectivity index (χ0) is 20.6. The second-order valence-electron chi connectivity index (χ2n) is 7.18. The summed E-state index contributed by atoms with van der Waals surface area (Å²) in [4.78, 5) is 12.2. The smallest absolute Gasteiger partial charge is 0.261 e. The van der Waals surface area contributed by atoms with E-state index in [1.807, 2.05) is 6.07 Å². The Balaban J connectivity index is 2.37. The second kappa shape index (κ2) is 10.8. The van der Waals surface area contributed by atoms with Crippen LogP contribution in [0.2, 0.25) is 0 Å². The molecule has 1 aromatic rings. The topological polar surface area (TPSA) is 95.9 Å². The number of aryl methyl sites for hydroxylation is 1. The summed E-state index contributed by atoms with van der Waals surface area (Å²) >= 11 is 0. The lowest BCUT2D eigenvalue weighted by atomic mass is 10.0. The van der Waals surface area contributed by atoms with Crippen LogP contribution in [0.1, 0.15) is 64.4 Å². The van der Waals surface area contributed by atoms with Gasteiger partial charge in [0.05, 0.1) is 11.5 Å². The maximum Gasteiger partial charge on any atom is 0.261 e. The zero-order valence-corrected chi connectivity index (χ0v) is 17.6. The highest BCUT2D eigenvalue weighted by atomic mass is 32.2. The molecule has 158 valence electrons. The number of hydrogen-bond acceptors (Lipinski definition) is 5. The standard InChI is InChI=1S/C20H32N2O5S/c1-3-5-9-16-15-17(27-14-6-4-2)11-12-19(16)28(25,26)22-13-8-7-10-18(22)20(23)21-24/h11-12,15,18,24H,3-10,13-14H2,1-2H3,(H,21,23). The molecule has 0 spiro atoms. The minimum absolute atomic E-state index is 0.224. The number of sulfonamides is 1. The van der Waals surface area contributed by atoms with Crippen LogP contribution in [0, 0.1) is 0 Å². The first-order chi connectivity index (χ1) is 13.5. The highest BCUT2D eigenvalue weighted by Gasteiger charge is 2.38. The fraction of sp³-hybridized carbons (Fsp3) is 0.650. The van der Waals surface area contributed by atoms with E-state index in [1.54, 1.807) is 17.6 Å². The Morgan fingerprint density at radius 1 is 1.25 bits per heavy atom. The molecule has 8 heteroatoms. The molecular weight excluding hydrogens is 380 g/mol. The Morgan fingerprint density at radius 3 is 2.68 bits per heavy atom. The molecule has 0 saturated carbocycles. The molecule has 1 unspecified atom stereocenters. The molecule has 7 nitrogen and oxygen atoms in total. The number of unbranched alkanes of at least 4 members (excludes halogenated alkanes) is 2. The van der Waals surface area contributed by atoms with Crippen molar-refractivity contribution in [1.82, 2.24) is 9.79 Å². The van der Waals surface area contributed by atoms with Gasteiger partial charge in [0.2, 0.25) is 10.0 Å². The number of hydrogen-bond donors (Lipinski definition) is 2. The molecule has 1 saturated heterocycles. The van der Waals surface area contributed by atoms with Crippen molar-refractivity contribution >= 4 is 15.9 Å². The molecule has 0 bridgehead atoms. The maximum absolute atomic E-state index is 13.4. The van der Waals surface area contributed by atoms with Crippen LogP contribution in [0.5, 0.6) is 5.75 Å². The molecule has 28 heavy (non-hydrogen) atoms. The zero-order valence-electron chi connectivity index (χ0n) is 16.8. The molecule has 0 aromatic heterocycles. The van der Waals surface area contributed by atoms with E-state index in [9.17, 15) is 13.2 Å². The summed E-state index contributed by atoms with van der Waals surface area (Å²) in [7, 11) is -3.86. The molecule has 1 aromatic carbocycles. The van der Waals surface area contributed by atoms with Crippen molar-refractivity contribution in [1.29, 1.82) is 0 Å². The molecule has 1 atom stereocenters. The molecule has 0 radical (unpaired) electrons. The van der Waals surface area contributed by atoms with Gasteiger partial charge in [-0.2, -0.15) is 4.31 Å². The van der Waals surface area contributed by atoms with Crippen molar-refractivity contribution < 1.29 is 23.2 Å². The quantitative estimate of drug-likeness (QED) is 0.349. The summed E-state index contributed by atoms with van der Waals surface area (Å²) in [6, 6.07) is 4.19. The third-order valence-corrected chi connectivity index (χ3v) is 7.06. The molecular formula is C20H32N2O5S. The fourth-order valence-electron chi connectivity index (χ4n) is 3.45. The lowest BCUT2D eigenvalue weighted by Crippen LogP contribution is -2.51. The number of hydroxylamine groups is 1. The average molecular weight is 413 g/mol. The van der Waals surface area contributed by atoms with Crippen LogP contribution in [0.3, 0.4) is 0 Å². The van der Waals surface area contributed by atoms with Crippen molar-refractivity contribution in [2.75, 3.05) is 13.2 Å². The fourth-order valence-corrected chi connectivity index (χ4v) is 5.34. The average Bonchev–Trinajstić information content (AvgIpc) is 2.71. The van der Waals surface area contributed by atoms with Gasteiger partial charge in [0.1, 0.15) is 11.8 Å². The van der Waals surface area contributed by atoms with Gasteiger partial charge in [-0.05, 0) is 55.9 Å². The van der Waals surface area contributed by atoms with E-state index in [0.29, 0.717) is 37.2 Å². The number of piperidine rings is 1. The Hall–Kier alpha value is -1.64. The van der Waals surface area contributed by atoms with E-state index in [-0.39, 0.29) is 11.4 Å². The summed E-state index contributed by atoms with van der Waals surface area (Å²) in [5, 5.41) is 9.01. The van der Waals surface area contributed by atoms with Gasteiger partial charge in [-0.1, -0.05) is 33.1 Å². The van der Waals surface area contributed by atoms with Crippen LogP contribution in [0.4, 0.5) is 0 Å². The van der Waals surface area contributed by atoms with Gasteiger partial charge in [-0.3, -0.25) is 10.0 Å². The molecule has 1 aliphatic heterocycles. The predicted molar refractivity (Wildman–Crippen MR) is 107 cm³/mol. The van der Waals surface area contributed by atoms with Gasteiger partial charge >= 0.3 is 0 Å². The van der Waals surface area contributed by atoms with E-state index < -0.39 is 22.0 Å². The number of carbonyl (C=O) groups excluding carboxylic acids is 1. The van der Waals surface area contributed by atoms with E-state index in [1.165, 1.54) is 4.31 Å². The van der Waals surface area contributed by atoms with Gasteiger partial charge in [-0.25, -0.2) is 13.9 Å². The number of ether oxygens (including phenoxy) is 1. The number of rotatable bonds is 10. The number of nitrogens with zero attached hydrogens (tertiary/aromatic N) is 1. The Labute approximate surface area is 168 Å². The highest BCUT2D eigenvalue weighted by Crippen LogP contribution is 2.30. The summed E-state index contributed by atoms with van der Waals surface area (Å²) in [5.74, 6) is -0.0142. The van der Waals surface area contributed by atoms with E-state index in [4.69, 9.17) is 9.94 Å². The van der Waals surface area contributed by atoms with Crippen LogP contribution < -0.4 is 10.2 Å². The van der Waals surface area contributed by atoms with Crippen LogP contribution in [0.25, 0.3) is 0 Å². The monoisotopic (exact) mass is 412 g/mol. The van der Waals surface area contributed by atoms with Crippen molar-refractivity contribution in [3.05, 3.63) is 23.8 Å². The van der Waals surface area contributed by atoms with Gasteiger partial charge in [0, 0.05) is 6.54 Å². The third-order valence-electron chi connectivity index (χ3n) is 5.05. The van der Waals surface area contributed by atoms with E-state index in [2.05, 4.69) is 13.8 Å². The molecule has 1 fully saturated rings. The molecule has 0 aliphatic carbocycles. The van der Waals surface area contributed by atoms with Crippen LogP contribution in [-0.2, 0) is 21.2 Å². The van der Waals surface area contributed by atoms with Crippen molar-refractivity contribution in [3.63, 3.8) is 0 Å². The molecule has 1 heterocycles. The first kappa shape index (κ1) is 22.6. The minimum atomic E-state index is -3.86. The molecule has 1 amide bonds.